The number of para-hydroxylation sites is 1. The smallest absolute Gasteiger partial charge is 0.259 e. The van der Waals surface area contributed by atoms with E-state index in [-0.39, 0.29) is 11.8 Å². The number of rotatable bonds is 3. The maximum atomic E-state index is 13.4. The van der Waals surface area contributed by atoms with Crippen molar-refractivity contribution in [2.24, 2.45) is 11.0 Å². The Balaban J connectivity index is 1.63. The van der Waals surface area contributed by atoms with Gasteiger partial charge in [0, 0.05) is 4.47 Å². The van der Waals surface area contributed by atoms with Crippen molar-refractivity contribution in [2.45, 2.75) is 6.04 Å². The molecule has 6 heteroatoms. The number of carbonyl (C=O) groups excluding carboxylic acids is 2. The Kier molecular flexibility index (Phi) is 4.28. The number of carbonyl (C=O) groups is 2. The van der Waals surface area contributed by atoms with Gasteiger partial charge in [-0.2, -0.15) is 5.10 Å². The van der Waals surface area contributed by atoms with E-state index in [9.17, 15) is 9.59 Å². The second-order valence-electron chi connectivity index (χ2n) is 6.94. The number of amides is 2. The van der Waals surface area contributed by atoms with E-state index < -0.39 is 12.0 Å². The number of imide groups is 1. The average molecular weight is 446 g/mol. The molecule has 3 aromatic rings. The summed E-state index contributed by atoms with van der Waals surface area (Å²) in [5, 5.41) is 6.42. The number of fused-ring (bicyclic) bond motifs is 1. The van der Waals surface area contributed by atoms with Gasteiger partial charge in [0.25, 0.3) is 5.91 Å². The molecule has 3 aromatic carbocycles. The standard InChI is InChI=1S/C23H16BrN3O2/c24-16-11-13-17(14-12-16)26-22(28)19-20(15-7-3-1-4-8-15)25-27(21(19)23(26)29)18-9-5-2-6-10-18/h1-14,19,21H/t19-,21-/m0/s1. The molecule has 0 N–H and O–H groups in total. The quantitative estimate of drug-likeness (QED) is 0.566. The number of hydrogen-bond acceptors (Lipinski definition) is 4. The fraction of sp³-hybridized carbons (Fsp3) is 0.0870. The Bertz CT molecular complexity index is 1110. The molecule has 2 atom stereocenters. The van der Waals surface area contributed by atoms with Gasteiger partial charge in [0.05, 0.1) is 17.1 Å². The summed E-state index contributed by atoms with van der Waals surface area (Å²) < 4.78 is 0.887. The van der Waals surface area contributed by atoms with Gasteiger partial charge in [0.15, 0.2) is 0 Å². The van der Waals surface area contributed by atoms with E-state index in [0.29, 0.717) is 11.4 Å². The molecule has 0 aliphatic carbocycles. The lowest BCUT2D eigenvalue weighted by Gasteiger charge is -2.22. The highest BCUT2D eigenvalue weighted by Gasteiger charge is 2.57. The van der Waals surface area contributed by atoms with Crippen molar-refractivity contribution in [3.05, 3.63) is 95.0 Å². The van der Waals surface area contributed by atoms with Gasteiger partial charge in [0.2, 0.25) is 5.91 Å². The van der Waals surface area contributed by atoms with E-state index in [0.717, 1.165) is 15.7 Å². The second-order valence-corrected chi connectivity index (χ2v) is 7.86. The van der Waals surface area contributed by atoms with Crippen LogP contribution in [0.25, 0.3) is 0 Å². The minimum Gasteiger partial charge on any atom is -0.273 e. The Morgan fingerprint density at radius 1 is 0.724 bits per heavy atom. The van der Waals surface area contributed by atoms with E-state index in [1.165, 1.54) is 4.90 Å². The van der Waals surface area contributed by atoms with Crippen LogP contribution in [0.2, 0.25) is 0 Å². The fourth-order valence-electron chi connectivity index (χ4n) is 3.90. The van der Waals surface area contributed by atoms with Crippen LogP contribution in [0, 0.1) is 5.92 Å². The number of benzene rings is 3. The van der Waals surface area contributed by atoms with Gasteiger partial charge in [-0.1, -0.05) is 64.5 Å². The van der Waals surface area contributed by atoms with Crippen molar-refractivity contribution < 1.29 is 9.59 Å². The van der Waals surface area contributed by atoms with Crippen LogP contribution in [0.15, 0.2) is 94.5 Å². The van der Waals surface area contributed by atoms with Crippen molar-refractivity contribution >= 4 is 44.8 Å². The van der Waals surface area contributed by atoms with Crippen molar-refractivity contribution in [3.8, 4) is 0 Å². The molecule has 142 valence electrons. The number of hydrogen-bond donors (Lipinski definition) is 0. The van der Waals surface area contributed by atoms with Crippen molar-refractivity contribution in [1.82, 2.24) is 0 Å². The summed E-state index contributed by atoms with van der Waals surface area (Å²) >= 11 is 3.40. The summed E-state index contributed by atoms with van der Waals surface area (Å²) in [5.74, 6) is -1.15. The zero-order valence-corrected chi connectivity index (χ0v) is 16.9. The molecule has 1 saturated heterocycles. The topological polar surface area (TPSA) is 53.0 Å². The van der Waals surface area contributed by atoms with Crippen LogP contribution in [-0.4, -0.2) is 23.6 Å². The lowest BCUT2D eigenvalue weighted by Crippen LogP contribution is -2.39. The molecule has 2 heterocycles. The van der Waals surface area contributed by atoms with Crippen molar-refractivity contribution in [3.63, 3.8) is 0 Å². The van der Waals surface area contributed by atoms with Gasteiger partial charge in [-0.15, -0.1) is 0 Å². The summed E-state index contributed by atoms with van der Waals surface area (Å²) in [6, 6.07) is 25.6. The number of halogens is 1. The first-order chi connectivity index (χ1) is 14.1. The summed E-state index contributed by atoms with van der Waals surface area (Å²) in [6.07, 6.45) is 0. The maximum absolute atomic E-state index is 13.4. The maximum Gasteiger partial charge on any atom is 0.259 e. The molecule has 2 aliphatic rings. The van der Waals surface area contributed by atoms with Crippen LogP contribution in [0.1, 0.15) is 5.56 Å². The Hall–Kier alpha value is -3.25. The molecule has 0 spiro atoms. The van der Waals surface area contributed by atoms with Crippen LogP contribution in [0.5, 0.6) is 0 Å². The van der Waals surface area contributed by atoms with Crippen LogP contribution in [-0.2, 0) is 9.59 Å². The lowest BCUT2D eigenvalue weighted by atomic mass is 9.93. The van der Waals surface area contributed by atoms with Gasteiger partial charge in [-0.25, -0.2) is 4.90 Å². The highest BCUT2D eigenvalue weighted by Crippen LogP contribution is 2.39. The third-order valence-electron chi connectivity index (χ3n) is 5.22. The highest BCUT2D eigenvalue weighted by atomic mass is 79.9. The van der Waals surface area contributed by atoms with E-state index in [4.69, 9.17) is 5.10 Å². The highest BCUT2D eigenvalue weighted by molar-refractivity contribution is 9.10. The van der Waals surface area contributed by atoms with E-state index >= 15 is 0 Å². The monoisotopic (exact) mass is 445 g/mol. The average Bonchev–Trinajstić information content (AvgIpc) is 3.27. The lowest BCUT2D eigenvalue weighted by molar-refractivity contribution is -0.121. The van der Waals surface area contributed by atoms with Crippen molar-refractivity contribution in [2.75, 3.05) is 9.91 Å². The number of hydrazone groups is 1. The Morgan fingerprint density at radius 3 is 2.00 bits per heavy atom. The molecule has 5 nitrogen and oxygen atoms in total. The molecule has 1 fully saturated rings. The summed E-state index contributed by atoms with van der Waals surface area (Å²) in [6.45, 7) is 0. The number of nitrogens with zero attached hydrogens (tertiary/aromatic N) is 3. The predicted octanol–water partition coefficient (Wildman–Crippen LogP) is 4.23. The van der Waals surface area contributed by atoms with Gasteiger partial charge in [-0.05, 0) is 42.0 Å². The van der Waals surface area contributed by atoms with Crippen LogP contribution >= 0.6 is 15.9 Å². The minimum atomic E-state index is -0.691. The van der Waals surface area contributed by atoms with Crippen LogP contribution in [0.4, 0.5) is 11.4 Å². The molecule has 0 radical (unpaired) electrons. The molecule has 0 aromatic heterocycles. The summed E-state index contributed by atoms with van der Waals surface area (Å²) in [4.78, 5) is 28.1. The first-order valence-electron chi connectivity index (χ1n) is 9.27. The molecule has 2 aliphatic heterocycles. The molecule has 5 rings (SSSR count). The van der Waals surface area contributed by atoms with E-state index in [1.807, 2.05) is 72.8 Å². The molecular formula is C23H16BrN3O2. The normalized spacial score (nSPS) is 20.8. The third-order valence-corrected chi connectivity index (χ3v) is 5.75. The molecule has 0 saturated carbocycles. The zero-order valence-electron chi connectivity index (χ0n) is 15.3. The molecular weight excluding hydrogens is 430 g/mol. The van der Waals surface area contributed by atoms with Gasteiger partial charge < -0.3 is 0 Å². The predicted molar refractivity (Wildman–Crippen MR) is 116 cm³/mol. The van der Waals surface area contributed by atoms with Crippen molar-refractivity contribution in [1.29, 1.82) is 0 Å². The minimum absolute atomic E-state index is 0.247. The summed E-state index contributed by atoms with van der Waals surface area (Å²) in [5.41, 5.74) is 2.82. The first-order valence-corrected chi connectivity index (χ1v) is 10.1. The summed E-state index contributed by atoms with van der Waals surface area (Å²) in [7, 11) is 0. The first kappa shape index (κ1) is 17.8. The van der Waals surface area contributed by atoms with Gasteiger partial charge >= 0.3 is 0 Å². The largest absolute Gasteiger partial charge is 0.273 e. The molecule has 2 amide bonds. The third kappa shape index (κ3) is 2.87. The molecule has 0 bridgehead atoms. The second kappa shape index (κ2) is 6.97. The molecule has 29 heavy (non-hydrogen) atoms. The van der Waals surface area contributed by atoms with Gasteiger partial charge in [-0.3, -0.25) is 14.6 Å². The Morgan fingerprint density at radius 2 is 1.34 bits per heavy atom. The van der Waals surface area contributed by atoms with Crippen LogP contribution in [0.3, 0.4) is 0 Å². The SMILES string of the molecule is O=C1[C@H]2C(c3ccccc3)=NN(c3ccccc3)[C@@H]2C(=O)N1c1ccc(Br)cc1. The fourth-order valence-corrected chi connectivity index (χ4v) is 4.16. The Labute approximate surface area is 176 Å². The number of anilines is 2. The zero-order chi connectivity index (χ0) is 20.0. The van der Waals surface area contributed by atoms with Gasteiger partial charge in [0.1, 0.15) is 12.0 Å². The van der Waals surface area contributed by atoms with E-state index in [1.54, 1.807) is 17.1 Å². The van der Waals surface area contributed by atoms with E-state index in [2.05, 4.69) is 15.9 Å². The van der Waals surface area contributed by atoms with Crippen LogP contribution < -0.4 is 9.91 Å². The molecule has 0 unspecified atom stereocenters.